The van der Waals surface area contributed by atoms with Gasteiger partial charge in [0.2, 0.25) is 5.91 Å². The Labute approximate surface area is 149 Å². The Morgan fingerprint density at radius 1 is 1.07 bits per heavy atom. The van der Waals surface area contributed by atoms with E-state index < -0.39 is 46.9 Å². The topological polar surface area (TPSA) is 58.6 Å². The van der Waals surface area contributed by atoms with Crippen LogP contribution in [0, 0.1) is 5.92 Å². The van der Waals surface area contributed by atoms with Gasteiger partial charge < -0.3 is 15.0 Å². The fraction of sp³-hybridized carbons (Fsp3) is 0.500. The van der Waals surface area contributed by atoms with Crippen molar-refractivity contribution in [3.63, 3.8) is 0 Å². The minimum Gasteiger partial charge on any atom is -0.378 e. The number of alkyl halides is 6. The van der Waals surface area contributed by atoms with Gasteiger partial charge in [-0.05, 0) is 18.2 Å². The summed E-state index contributed by atoms with van der Waals surface area (Å²) >= 11 is 0. The van der Waals surface area contributed by atoms with Crippen LogP contribution in [0.25, 0.3) is 0 Å². The van der Waals surface area contributed by atoms with Crippen molar-refractivity contribution in [1.82, 2.24) is 10.2 Å². The molecule has 0 spiro atoms. The van der Waals surface area contributed by atoms with E-state index in [-0.39, 0.29) is 38.3 Å². The van der Waals surface area contributed by atoms with Crippen LogP contribution in [0.1, 0.15) is 21.5 Å². The second kappa shape index (κ2) is 6.70. The maximum atomic E-state index is 13.3. The number of fused-ring (bicyclic) bond motifs is 3. The third-order valence-corrected chi connectivity index (χ3v) is 4.41. The molecule has 2 aliphatic rings. The van der Waals surface area contributed by atoms with Crippen molar-refractivity contribution in [2.24, 2.45) is 5.92 Å². The summed E-state index contributed by atoms with van der Waals surface area (Å²) in [6.45, 7) is -0.185. The molecular weight excluding hydrogens is 382 g/mol. The van der Waals surface area contributed by atoms with E-state index in [2.05, 4.69) is 5.32 Å². The first-order chi connectivity index (χ1) is 12.5. The Morgan fingerprint density at radius 3 is 2.41 bits per heavy atom. The molecule has 2 bridgehead atoms. The number of halogens is 6. The second-order valence-corrected chi connectivity index (χ2v) is 6.41. The molecule has 2 heterocycles. The third kappa shape index (κ3) is 4.02. The van der Waals surface area contributed by atoms with Crippen LogP contribution in [0.4, 0.5) is 26.3 Å². The molecule has 0 aromatic heterocycles. The van der Waals surface area contributed by atoms with Crippen LogP contribution in [0.2, 0.25) is 0 Å². The zero-order valence-electron chi connectivity index (χ0n) is 13.7. The Hall–Kier alpha value is -2.30. The van der Waals surface area contributed by atoms with Crippen molar-refractivity contribution in [3.05, 3.63) is 34.9 Å². The van der Waals surface area contributed by atoms with E-state index >= 15 is 0 Å². The number of nitrogens with zero attached hydrogens (tertiary/aromatic N) is 1. The molecule has 2 saturated heterocycles. The Kier molecular flexibility index (Phi) is 4.83. The summed E-state index contributed by atoms with van der Waals surface area (Å²) in [5.41, 5.74) is -4.04. The fourth-order valence-corrected chi connectivity index (χ4v) is 3.11. The summed E-state index contributed by atoms with van der Waals surface area (Å²) in [6, 6.07) is 0.296. The van der Waals surface area contributed by atoms with Crippen LogP contribution >= 0.6 is 0 Å². The molecule has 1 aromatic rings. The number of ether oxygens (including phenoxy) is 1. The van der Waals surface area contributed by atoms with Gasteiger partial charge in [0, 0.05) is 13.1 Å². The van der Waals surface area contributed by atoms with Gasteiger partial charge in [0.25, 0.3) is 5.91 Å². The van der Waals surface area contributed by atoms with Gasteiger partial charge in [-0.3, -0.25) is 9.59 Å². The summed E-state index contributed by atoms with van der Waals surface area (Å²) in [7, 11) is 0. The lowest BCUT2D eigenvalue weighted by molar-refractivity contribution is -0.143. The maximum absolute atomic E-state index is 13.3. The van der Waals surface area contributed by atoms with Crippen molar-refractivity contribution in [2.45, 2.75) is 18.4 Å². The quantitative estimate of drug-likeness (QED) is 0.742. The lowest BCUT2D eigenvalue weighted by Gasteiger charge is -2.28. The molecule has 0 aliphatic carbocycles. The highest BCUT2D eigenvalue weighted by atomic mass is 19.4. The molecule has 2 amide bonds. The van der Waals surface area contributed by atoms with E-state index in [9.17, 15) is 35.9 Å². The predicted molar refractivity (Wildman–Crippen MR) is 78.6 cm³/mol. The van der Waals surface area contributed by atoms with E-state index in [1.54, 1.807) is 0 Å². The first-order valence-corrected chi connectivity index (χ1v) is 7.92. The van der Waals surface area contributed by atoms with Crippen LogP contribution in [-0.4, -0.2) is 49.1 Å². The van der Waals surface area contributed by atoms with Crippen LogP contribution in [-0.2, 0) is 21.9 Å². The van der Waals surface area contributed by atoms with Gasteiger partial charge in [-0.25, -0.2) is 0 Å². The van der Waals surface area contributed by atoms with E-state index in [0.29, 0.717) is 12.1 Å². The molecule has 5 nitrogen and oxygen atoms in total. The van der Waals surface area contributed by atoms with Crippen molar-refractivity contribution in [3.8, 4) is 0 Å². The largest absolute Gasteiger partial charge is 0.417 e. The minimum atomic E-state index is -5.15. The molecule has 0 unspecified atom stereocenters. The molecule has 2 atom stereocenters. The van der Waals surface area contributed by atoms with Crippen molar-refractivity contribution in [2.75, 3.05) is 26.3 Å². The molecule has 0 saturated carbocycles. The van der Waals surface area contributed by atoms with Crippen LogP contribution in [0.5, 0.6) is 0 Å². The first kappa shape index (κ1) is 19.5. The van der Waals surface area contributed by atoms with Gasteiger partial charge in [-0.2, -0.15) is 26.3 Å². The SMILES string of the molecule is O=C1N[C@@H]2COC[C@H]1CN(C(=O)c1ccc(C(F)(F)F)cc1C(F)(F)F)C2. The number of benzene rings is 1. The molecular formula is C16H14F6N2O3. The predicted octanol–water partition coefficient (Wildman–Crippen LogP) is 2.31. The molecule has 2 fully saturated rings. The Balaban J connectivity index is 1.98. The van der Waals surface area contributed by atoms with Gasteiger partial charge in [-0.15, -0.1) is 0 Å². The molecule has 0 radical (unpaired) electrons. The number of amides is 2. The highest BCUT2D eigenvalue weighted by molar-refractivity contribution is 5.96. The van der Waals surface area contributed by atoms with Gasteiger partial charge >= 0.3 is 12.4 Å². The highest BCUT2D eigenvalue weighted by Crippen LogP contribution is 2.37. The number of carbonyl (C=O) groups is 2. The number of carbonyl (C=O) groups excluding carboxylic acids is 2. The minimum absolute atomic E-state index is 0.00521. The number of rotatable bonds is 1. The lowest BCUT2D eigenvalue weighted by Crippen LogP contribution is -2.44. The third-order valence-electron chi connectivity index (χ3n) is 4.41. The smallest absolute Gasteiger partial charge is 0.378 e. The van der Waals surface area contributed by atoms with Crippen LogP contribution < -0.4 is 5.32 Å². The summed E-state index contributed by atoms with van der Waals surface area (Å²) in [4.78, 5) is 25.7. The van der Waals surface area contributed by atoms with Gasteiger partial charge in [0.05, 0.1) is 41.9 Å². The number of hydrogen-bond donors (Lipinski definition) is 1. The second-order valence-electron chi connectivity index (χ2n) is 6.41. The lowest BCUT2D eigenvalue weighted by atomic mass is 10.0. The highest BCUT2D eigenvalue weighted by Gasteiger charge is 2.42. The zero-order chi connectivity index (χ0) is 20.0. The Morgan fingerprint density at radius 2 is 1.78 bits per heavy atom. The van der Waals surface area contributed by atoms with E-state index in [1.807, 2.05) is 0 Å². The van der Waals surface area contributed by atoms with Gasteiger partial charge in [-0.1, -0.05) is 0 Å². The summed E-state index contributed by atoms with van der Waals surface area (Å²) in [5, 5.41) is 2.62. The normalized spacial score (nSPS) is 23.6. The van der Waals surface area contributed by atoms with Gasteiger partial charge in [0.1, 0.15) is 0 Å². The summed E-state index contributed by atoms with van der Waals surface area (Å²) in [6.07, 6.45) is -10.1. The number of hydrogen-bond acceptors (Lipinski definition) is 3. The molecule has 2 aliphatic heterocycles. The van der Waals surface area contributed by atoms with Crippen LogP contribution in [0.15, 0.2) is 18.2 Å². The molecule has 1 N–H and O–H groups in total. The zero-order valence-corrected chi connectivity index (χ0v) is 13.7. The van der Waals surface area contributed by atoms with Crippen molar-refractivity contribution < 1.29 is 40.7 Å². The van der Waals surface area contributed by atoms with E-state index in [1.165, 1.54) is 0 Å². The first-order valence-electron chi connectivity index (χ1n) is 7.92. The maximum Gasteiger partial charge on any atom is 0.417 e. The molecule has 1 aromatic carbocycles. The van der Waals surface area contributed by atoms with E-state index in [4.69, 9.17) is 4.74 Å². The van der Waals surface area contributed by atoms with Crippen molar-refractivity contribution in [1.29, 1.82) is 0 Å². The van der Waals surface area contributed by atoms with Crippen LogP contribution in [0.3, 0.4) is 0 Å². The average Bonchev–Trinajstić information content (AvgIpc) is 2.80. The molecule has 11 heteroatoms. The standard InChI is InChI=1S/C16H14F6N2O3/c17-15(18,19)9-1-2-11(12(3-9)16(20,21)22)14(26)24-4-8-6-27-7-10(5-24)23-13(8)25/h1-3,8,10H,4-7H2,(H,23,25)/t8-,10+/m1/s1. The number of nitrogens with one attached hydrogen (secondary N) is 1. The monoisotopic (exact) mass is 396 g/mol. The van der Waals surface area contributed by atoms with Crippen molar-refractivity contribution >= 4 is 11.8 Å². The molecule has 3 rings (SSSR count). The van der Waals surface area contributed by atoms with Gasteiger partial charge in [0.15, 0.2) is 0 Å². The van der Waals surface area contributed by atoms with E-state index in [0.717, 1.165) is 4.90 Å². The summed E-state index contributed by atoms with van der Waals surface area (Å²) in [5.74, 6) is -2.22. The summed E-state index contributed by atoms with van der Waals surface area (Å²) < 4.78 is 83.5. The molecule has 148 valence electrons. The fourth-order valence-electron chi connectivity index (χ4n) is 3.11. The molecule has 27 heavy (non-hydrogen) atoms. The Bertz CT molecular complexity index is 762. The average molecular weight is 396 g/mol.